The third-order valence-electron chi connectivity index (χ3n) is 5.49. The molecule has 2 amide bonds. The van der Waals surface area contributed by atoms with Gasteiger partial charge in [0.2, 0.25) is 21.8 Å². The van der Waals surface area contributed by atoms with Crippen molar-refractivity contribution >= 4 is 27.5 Å². The predicted molar refractivity (Wildman–Crippen MR) is 132 cm³/mol. The van der Waals surface area contributed by atoms with Gasteiger partial charge in [-0.25, -0.2) is 12.8 Å². The number of rotatable bonds is 8. The van der Waals surface area contributed by atoms with Crippen molar-refractivity contribution < 1.29 is 22.4 Å². The summed E-state index contributed by atoms with van der Waals surface area (Å²) in [7, 11) is -3.83. The molecule has 1 N–H and O–H groups in total. The Kier molecular flexibility index (Phi) is 8.47. The van der Waals surface area contributed by atoms with Crippen molar-refractivity contribution in [1.29, 1.82) is 0 Å². The predicted octanol–water partition coefficient (Wildman–Crippen LogP) is 3.54. The van der Waals surface area contributed by atoms with Gasteiger partial charge in [0, 0.05) is 17.6 Å². The first kappa shape index (κ1) is 27.3. The van der Waals surface area contributed by atoms with Gasteiger partial charge >= 0.3 is 0 Å². The minimum atomic E-state index is -3.83. The van der Waals surface area contributed by atoms with Gasteiger partial charge in [0.15, 0.2) is 0 Å². The number of sulfonamides is 1. The molecule has 0 aliphatic carbocycles. The average molecular weight is 492 g/mol. The van der Waals surface area contributed by atoms with Gasteiger partial charge in [-0.1, -0.05) is 30.3 Å². The van der Waals surface area contributed by atoms with Gasteiger partial charge in [-0.05, 0) is 64.8 Å². The van der Waals surface area contributed by atoms with E-state index in [1.54, 1.807) is 32.0 Å². The molecule has 2 aromatic carbocycles. The van der Waals surface area contributed by atoms with Crippen LogP contribution in [0.3, 0.4) is 0 Å². The number of carbonyl (C=O) groups is 2. The van der Waals surface area contributed by atoms with Crippen LogP contribution in [0.25, 0.3) is 0 Å². The third-order valence-corrected chi connectivity index (χ3v) is 6.61. The molecule has 0 fully saturated rings. The molecule has 0 heterocycles. The van der Waals surface area contributed by atoms with Crippen LogP contribution in [0, 0.1) is 19.7 Å². The molecule has 7 nitrogen and oxygen atoms in total. The minimum absolute atomic E-state index is 0.186. The van der Waals surface area contributed by atoms with Crippen molar-refractivity contribution in [1.82, 2.24) is 10.2 Å². The number of amides is 2. The zero-order valence-electron chi connectivity index (χ0n) is 20.8. The summed E-state index contributed by atoms with van der Waals surface area (Å²) in [5.74, 6) is -1.56. The Bertz CT molecular complexity index is 1160. The number of anilines is 1. The molecule has 2 rings (SSSR count). The molecule has 0 saturated carbocycles. The molecule has 34 heavy (non-hydrogen) atoms. The average Bonchev–Trinajstić information content (AvgIpc) is 2.71. The summed E-state index contributed by atoms with van der Waals surface area (Å²) in [6.45, 7) is 9.90. The Morgan fingerprint density at radius 3 is 2.24 bits per heavy atom. The quantitative estimate of drug-likeness (QED) is 0.612. The highest BCUT2D eigenvalue weighted by atomic mass is 32.2. The minimum Gasteiger partial charge on any atom is -0.350 e. The van der Waals surface area contributed by atoms with E-state index in [-0.39, 0.29) is 12.1 Å². The summed E-state index contributed by atoms with van der Waals surface area (Å²) < 4.78 is 40.8. The van der Waals surface area contributed by atoms with E-state index >= 15 is 0 Å². The number of halogens is 1. The summed E-state index contributed by atoms with van der Waals surface area (Å²) >= 11 is 0. The van der Waals surface area contributed by atoms with Crippen molar-refractivity contribution in [3.05, 3.63) is 65.0 Å². The second kappa shape index (κ2) is 10.5. The molecule has 1 atom stereocenters. The highest BCUT2D eigenvalue weighted by molar-refractivity contribution is 7.92. The van der Waals surface area contributed by atoms with E-state index in [1.807, 2.05) is 33.8 Å². The zero-order valence-corrected chi connectivity index (χ0v) is 21.7. The zero-order chi connectivity index (χ0) is 25.8. The normalized spacial score (nSPS) is 12.7. The summed E-state index contributed by atoms with van der Waals surface area (Å²) in [5.41, 5.74) is 1.66. The lowest BCUT2D eigenvalue weighted by Crippen LogP contribution is -2.54. The maximum atomic E-state index is 14.4. The van der Waals surface area contributed by atoms with Crippen molar-refractivity contribution in [2.24, 2.45) is 0 Å². The SMILES string of the molecule is Cc1cccc(N(CC(=O)N(Cc2ccccc2F)[C@@H](C)C(=O)NC(C)(C)C)S(C)(=O)=O)c1C. The fourth-order valence-electron chi connectivity index (χ4n) is 3.47. The Balaban J connectivity index is 2.47. The number of benzene rings is 2. The fourth-order valence-corrected chi connectivity index (χ4v) is 4.37. The van der Waals surface area contributed by atoms with Crippen LogP contribution in [0.15, 0.2) is 42.5 Å². The standard InChI is InChI=1S/C25H34FN3O4S/c1-17-11-10-14-22(18(17)2)29(34(7,32)33)16-23(30)28(15-20-12-8-9-13-21(20)26)19(3)24(31)27-25(4,5)6/h8-14,19H,15-16H2,1-7H3,(H,27,31)/t19-/m0/s1. The number of nitrogens with one attached hydrogen (secondary N) is 1. The van der Waals surface area contributed by atoms with Crippen LogP contribution in [0.2, 0.25) is 0 Å². The van der Waals surface area contributed by atoms with Crippen LogP contribution in [0.4, 0.5) is 10.1 Å². The molecule has 0 unspecified atom stereocenters. The lowest BCUT2D eigenvalue weighted by Gasteiger charge is -2.33. The number of carbonyl (C=O) groups excluding carboxylic acids is 2. The van der Waals surface area contributed by atoms with Crippen molar-refractivity contribution in [3.63, 3.8) is 0 Å². The molecule has 2 aromatic rings. The van der Waals surface area contributed by atoms with E-state index in [1.165, 1.54) is 23.1 Å². The van der Waals surface area contributed by atoms with Crippen LogP contribution in [0.5, 0.6) is 0 Å². The molecule has 0 spiro atoms. The van der Waals surface area contributed by atoms with Gasteiger partial charge in [0.25, 0.3) is 0 Å². The molecule has 0 radical (unpaired) electrons. The van der Waals surface area contributed by atoms with E-state index in [4.69, 9.17) is 0 Å². The Morgan fingerprint density at radius 1 is 1.06 bits per heavy atom. The monoisotopic (exact) mass is 491 g/mol. The maximum Gasteiger partial charge on any atom is 0.244 e. The molecule has 9 heteroatoms. The van der Waals surface area contributed by atoms with E-state index in [0.29, 0.717) is 5.69 Å². The summed E-state index contributed by atoms with van der Waals surface area (Å²) in [4.78, 5) is 27.6. The molecule has 0 saturated heterocycles. The Labute approximate surface area is 202 Å². The molecule has 0 bridgehead atoms. The number of nitrogens with zero attached hydrogens (tertiary/aromatic N) is 2. The lowest BCUT2D eigenvalue weighted by molar-refractivity contribution is -0.140. The van der Waals surface area contributed by atoms with Crippen molar-refractivity contribution in [2.45, 2.75) is 59.7 Å². The van der Waals surface area contributed by atoms with E-state index in [9.17, 15) is 22.4 Å². The maximum absolute atomic E-state index is 14.4. The van der Waals surface area contributed by atoms with Crippen LogP contribution in [0.1, 0.15) is 44.4 Å². The van der Waals surface area contributed by atoms with E-state index in [2.05, 4.69) is 5.32 Å². The van der Waals surface area contributed by atoms with Gasteiger partial charge in [0.05, 0.1) is 11.9 Å². The molecular weight excluding hydrogens is 457 g/mol. The molecular formula is C25H34FN3O4S. The second-order valence-electron chi connectivity index (χ2n) is 9.52. The molecule has 0 aliphatic heterocycles. The number of hydrogen-bond acceptors (Lipinski definition) is 4. The highest BCUT2D eigenvalue weighted by Gasteiger charge is 2.32. The summed E-state index contributed by atoms with van der Waals surface area (Å²) in [5, 5.41) is 2.83. The molecule has 0 aliphatic rings. The second-order valence-corrected chi connectivity index (χ2v) is 11.4. The van der Waals surface area contributed by atoms with Crippen LogP contribution in [-0.2, 0) is 26.2 Å². The van der Waals surface area contributed by atoms with E-state index in [0.717, 1.165) is 21.7 Å². The van der Waals surface area contributed by atoms with Gasteiger partial charge in [-0.3, -0.25) is 13.9 Å². The number of aryl methyl sites for hydroxylation is 1. The lowest BCUT2D eigenvalue weighted by atomic mass is 10.1. The summed E-state index contributed by atoms with van der Waals surface area (Å²) in [6, 6.07) is 10.2. The highest BCUT2D eigenvalue weighted by Crippen LogP contribution is 2.25. The largest absolute Gasteiger partial charge is 0.350 e. The third kappa shape index (κ3) is 7.03. The smallest absolute Gasteiger partial charge is 0.244 e. The first-order valence-electron chi connectivity index (χ1n) is 11.0. The molecule has 186 valence electrons. The Morgan fingerprint density at radius 2 is 1.68 bits per heavy atom. The van der Waals surface area contributed by atoms with Gasteiger partial charge in [0.1, 0.15) is 18.4 Å². The van der Waals surface area contributed by atoms with E-state index < -0.39 is 45.8 Å². The van der Waals surface area contributed by atoms with Crippen LogP contribution < -0.4 is 9.62 Å². The van der Waals surface area contributed by atoms with Crippen molar-refractivity contribution in [2.75, 3.05) is 17.1 Å². The molecule has 0 aromatic heterocycles. The van der Waals surface area contributed by atoms with Gasteiger partial charge in [-0.15, -0.1) is 0 Å². The van der Waals surface area contributed by atoms with Gasteiger partial charge < -0.3 is 10.2 Å². The topological polar surface area (TPSA) is 86.8 Å². The van der Waals surface area contributed by atoms with Crippen LogP contribution >= 0.6 is 0 Å². The van der Waals surface area contributed by atoms with Crippen molar-refractivity contribution in [3.8, 4) is 0 Å². The first-order chi connectivity index (χ1) is 15.6. The Hall–Kier alpha value is -2.94. The summed E-state index contributed by atoms with van der Waals surface area (Å²) in [6.07, 6.45) is 1.03. The van der Waals surface area contributed by atoms with Gasteiger partial charge in [-0.2, -0.15) is 0 Å². The van der Waals surface area contributed by atoms with Crippen LogP contribution in [-0.4, -0.2) is 49.5 Å². The fraction of sp³-hybridized carbons (Fsp3) is 0.440. The first-order valence-corrected chi connectivity index (χ1v) is 12.9. The number of hydrogen-bond donors (Lipinski definition) is 1.